The molecule has 1 N–H and O–H groups in total. The molecule has 88 valence electrons. The van der Waals surface area contributed by atoms with Crippen LogP contribution < -0.4 is 0 Å². The number of carboxylic acids is 1. The number of aryl methyl sites for hydroxylation is 2. The Morgan fingerprint density at radius 3 is 2.47 bits per heavy atom. The largest absolute Gasteiger partial charge is 0.478 e. The van der Waals surface area contributed by atoms with E-state index >= 15 is 0 Å². The van der Waals surface area contributed by atoms with Crippen molar-refractivity contribution in [1.29, 1.82) is 0 Å². The number of carboxylic acid groups (broad SMARTS) is 1. The molecule has 2 rings (SSSR count). The minimum Gasteiger partial charge on any atom is -0.478 e. The van der Waals surface area contributed by atoms with Crippen LogP contribution in [0.15, 0.2) is 18.3 Å². The summed E-state index contributed by atoms with van der Waals surface area (Å²) in [7, 11) is 0. The van der Waals surface area contributed by atoms with Gasteiger partial charge in [-0.25, -0.2) is 14.5 Å². The Hall–Kier alpha value is -2.17. The van der Waals surface area contributed by atoms with Crippen molar-refractivity contribution in [2.45, 2.75) is 20.8 Å². The molecular formula is C12H13N3O2. The molecule has 0 unspecified atom stereocenters. The summed E-state index contributed by atoms with van der Waals surface area (Å²) in [5.74, 6) is -0.331. The predicted molar refractivity (Wildman–Crippen MR) is 62.5 cm³/mol. The molecular weight excluding hydrogens is 218 g/mol. The number of carbonyl (C=O) groups is 1. The van der Waals surface area contributed by atoms with E-state index in [0.717, 1.165) is 5.56 Å². The molecule has 0 aliphatic rings. The number of aromatic carboxylic acids is 1. The molecule has 0 saturated carbocycles. The predicted octanol–water partition coefficient (Wildman–Crippen LogP) is 1.89. The van der Waals surface area contributed by atoms with Gasteiger partial charge >= 0.3 is 5.97 Å². The average molecular weight is 231 g/mol. The Bertz CT molecular complexity index is 570. The fourth-order valence-corrected chi connectivity index (χ4v) is 1.76. The molecule has 0 aliphatic heterocycles. The second kappa shape index (κ2) is 4.01. The summed E-state index contributed by atoms with van der Waals surface area (Å²) in [5.41, 5.74) is 2.38. The Balaban J connectivity index is 2.57. The van der Waals surface area contributed by atoms with Crippen LogP contribution in [0.5, 0.6) is 0 Å². The summed E-state index contributed by atoms with van der Waals surface area (Å²) < 4.78 is 1.55. The van der Waals surface area contributed by atoms with Crippen LogP contribution >= 0.6 is 0 Å². The van der Waals surface area contributed by atoms with Gasteiger partial charge in [0, 0.05) is 6.20 Å². The van der Waals surface area contributed by atoms with Gasteiger partial charge in [0.2, 0.25) is 0 Å². The van der Waals surface area contributed by atoms with Gasteiger partial charge in [-0.2, -0.15) is 5.10 Å². The van der Waals surface area contributed by atoms with Gasteiger partial charge in [-0.1, -0.05) is 6.07 Å². The van der Waals surface area contributed by atoms with Gasteiger partial charge in [0.25, 0.3) is 0 Å². The van der Waals surface area contributed by atoms with E-state index in [0.29, 0.717) is 17.2 Å². The summed E-state index contributed by atoms with van der Waals surface area (Å²) in [6.07, 6.45) is 1.73. The summed E-state index contributed by atoms with van der Waals surface area (Å²) in [6, 6.07) is 3.74. The molecule has 5 heteroatoms. The highest BCUT2D eigenvalue weighted by molar-refractivity contribution is 5.90. The molecule has 0 amide bonds. The monoisotopic (exact) mass is 231 g/mol. The van der Waals surface area contributed by atoms with Crippen LogP contribution in [0.25, 0.3) is 5.82 Å². The summed E-state index contributed by atoms with van der Waals surface area (Å²) in [5, 5.41) is 13.3. The molecule has 0 bridgehead atoms. The van der Waals surface area contributed by atoms with Crippen LogP contribution in [0.1, 0.15) is 27.3 Å². The normalized spacial score (nSPS) is 10.5. The fraction of sp³-hybridized carbons (Fsp3) is 0.250. The molecule has 0 saturated heterocycles. The van der Waals surface area contributed by atoms with Crippen molar-refractivity contribution in [2.75, 3.05) is 0 Å². The van der Waals surface area contributed by atoms with E-state index in [-0.39, 0.29) is 5.56 Å². The van der Waals surface area contributed by atoms with Crippen LogP contribution in [0.4, 0.5) is 0 Å². The summed E-state index contributed by atoms with van der Waals surface area (Å²) in [4.78, 5) is 15.3. The molecule has 0 fully saturated rings. The maximum atomic E-state index is 11.1. The van der Waals surface area contributed by atoms with E-state index in [4.69, 9.17) is 5.11 Å². The second-order valence-corrected chi connectivity index (χ2v) is 3.96. The van der Waals surface area contributed by atoms with Gasteiger partial charge in [-0.3, -0.25) is 0 Å². The molecule has 0 radical (unpaired) electrons. The van der Waals surface area contributed by atoms with Crippen molar-refractivity contribution in [3.8, 4) is 5.82 Å². The SMILES string of the molecule is Cc1ccc(-n2nc(C)c(C(=O)O)c2C)nc1. The molecule has 17 heavy (non-hydrogen) atoms. The standard InChI is InChI=1S/C12H13N3O2/c1-7-4-5-10(13-6-7)15-9(3)11(12(16)17)8(2)14-15/h4-6H,1-3H3,(H,16,17). The lowest BCUT2D eigenvalue weighted by molar-refractivity contribution is 0.0695. The lowest BCUT2D eigenvalue weighted by atomic mass is 10.2. The first-order valence-electron chi connectivity index (χ1n) is 5.23. The molecule has 5 nitrogen and oxygen atoms in total. The summed E-state index contributed by atoms with van der Waals surface area (Å²) >= 11 is 0. The van der Waals surface area contributed by atoms with Crippen LogP contribution in [0, 0.1) is 20.8 Å². The number of hydrogen-bond donors (Lipinski definition) is 1. The number of rotatable bonds is 2. The van der Waals surface area contributed by atoms with Crippen LogP contribution in [0.2, 0.25) is 0 Å². The summed E-state index contributed by atoms with van der Waals surface area (Å²) in [6.45, 7) is 5.35. The highest BCUT2D eigenvalue weighted by Crippen LogP contribution is 2.16. The van der Waals surface area contributed by atoms with Crippen molar-refractivity contribution in [1.82, 2.24) is 14.8 Å². The van der Waals surface area contributed by atoms with E-state index in [1.807, 2.05) is 19.1 Å². The average Bonchev–Trinajstić information content (AvgIpc) is 2.55. The van der Waals surface area contributed by atoms with Crippen molar-refractivity contribution < 1.29 is 9.90 Å². The Labute approximate surface area is 98.7 Å². The maximum Gasteiger partial charge on any atom is 0.339 e. The van der Waals surface area contributed by atoms with Crippen molar-refractivity contribution in [3.05, 3.63) is 40.8 Å². The third-order valence-corrected chi connectivity index (χ3v) is 2.62. The van der Waals surface area contributed by atoms with Gasteiger partial charge in [-0.15, -0.1) is 0 Å². The smallest absolute Gasteiger partial charge is 0.339 e. The van der Waals surface area contributed by atoms with E-state index in [2.05, 4.69) is 10.1 Å². The van der Waals surface area contributed by atoms with Crippen LogP contribution in [0.3, 0.4) is 0 Å². The van der Waals surface area contributed by atoms with Crippen molar-refractivity contribution in [2.24, 2.45) is 0 Å². The number of aromatic nitrogens is 3. The first kappa shape index (κ1) is 11.3. The molecule has 0 aromatic carbocycles. The van der Waals surface area contributed by atoms with Crippen LogP contribution in [-0.4, -0.2) is 25.8 Å². The number of pyridine rings is 1. The Morgan fingerprint density at radius 2 is 2.00 bits per heavy atom. The van der Waals surface area contributed by atoms with E-state index in [9.17, 15) is 4.79 Å². The minimum atomic E-state index is -0.960. The maximum absolute atomic E-state index is 11.1. The highest BCUT2D eigenvalue weighted by atomic mass is 16.4. The first-order valence-corrected chi connectivity index (χ1v) is 5.23. The topological polar surface area (TPSA) is 68.0 Å². The van der Waals surface area contributed by atoms with Crippen molar-refractivity contribution in [3.63, 3.8) is 0 Å². The third-order valence-electron chi connectivity index (χ3n) is 2.62. The zero-order valence-corrected chi connectivity index (χ0v) is 9.93. The fourth-order valence-electron chi connectivity index (χ4n) is 1.76. The zero-order chi connectivity index (χ0) is 12.6. The minimum absolute atomic E-state index is 0.243. The lowest BCUT2D eigenvalue weighted by Gasteiger charge is -2.03. The Kier molecular flexibility index (Phi) is 2.67. The molecule has 0 atom stereocenters. The van der Waals surface area contributed by atoms with E-state index in [1.54, 1.807) is 24.7 Å². The number of hydrogen-bond acceptors (Lipinski definition) is 3. The molecule has 2 aromatic rings. The van der Waals surface area contributed by atoms with Gasteiger partial charge in [-0.05, 0) is 32.4 Å². The Morgan fingerprint density at radius 1 is 1.29 bits per heavy atom. The molecule has 0 aliphatic carbocycles. The van der Waals surface area contributed by atoms with Gasteiger partial charge in [0.1, 0.15) is 5.56 Å². The first-order chi connectivity index (χ1) is 8.00. The third kappa shape index (κ3) is 1.91. The van der Waals surface area contributed by atoms with Crippen LogP contribution in [-0.2, 0) is 0 Å². The van der Waals surface area contributed by atoms with E-state index < -0.39 is 5.97 Å². The second-order valence-electron chi connectivity index (χ2n) is 3.96. The van der Waals surface area contributed by atoms with Gasteiger partial charge < -0.3 is 5.11 Å². The lowest BCUT2D eigenvalue weighted by Crippen LogP contribution is -2.04. The molecule has 2 aromatic heterocycles. The van der Waals surface area contributed by atoms with Crippen molar-refractivity contribution >= 4 is 5.97 Å². The molecule has 0 spiro atoms. The quantitative estimate of drug-likeness (QED) is 0.857. The van der Waals surface area contributed by atoms with Gasteiger partial charge in [0.05, 0.1) is 11.4 Å². The highest BCUT2D eigenvalue weighted by Gasteiger charge is 2.18. The molecule has 2 heterocycles. The van der Waals surface area contributed by atoms with E-state index in [1.165, 1.54) is 0 Å². The number of nitrogens with zero attached hydrogens (tertiary/aromatic N) is 3. The zero-order valence-electron chi connectivity index (χ0n) is 9.93. The van der Waals surface area contributed by atoms with Gasteiger partial charge in [0.15, 0.2) is 5.82 Å².